The molecule has 5 aromatic carbocycles. The smallest absolute Gasteiger partial charge is 0.305 e. The van der Waals surface area contributed by atoms with E-state index in [-0.39, 0.29) is 32.1 Å². The van der Waals surface area contributed by atoms with Crippen LogP contribution in [0.3, 0.4) is 0 Å². The van der Waals surface area contributed by atoms with Gasteiger partial charge in [-0.25, -0.2) is 15.0 Å². The molecule has 75 heavy (non-hydrogen) atoms. The number of methoxy groups -OCH3 is 1. The van der Waals surface area contributed by atoms with Crippen molar-refractivity contribution in [3.05, 3.63) is 170 Å². The minimum Gasteiger partial charge on any atom is -0.469 e. The number of aromatic nitrogens is 4. The van der Waals surface area contributed by atoms with E-state index in [4.69, 9.17) is 38.3 Å². The summed E-state index contributed by atoms with van der Waals surface area (Å²) < 4.78 is 49.8. The third kappa shape index (κ3) is 10.8. The Morgan fingerprint density at radius 3 is 1.60 bits per heavy atom. The Hall–Kier alpha value is -5.97. The fourth-order valence-electron chi connectivity index (χ4n) is 11.1. The van der Waals surface area contributed by atoms with E-state index in [1.165, 1.54) is 19.8 Å². The van der Waals surface area contributed by atoms with Crippen LogP contribution < -0.4 is 26.5 Å². The molecular weight excluding hydrogens is 983 g/mol. The summed E-state index contributed by atoms with van der Waals surface area (Å²) in [6, 6.07) is 50.5. The SMILES string of the molecule is COC(=O)C[C@H]1[C@H](O)[C@@H](CO[Si](c2ccccc2)(c2ccccc2)C(C)(C)C)O[C@H](O[C@H]2[C@@H](O)[C@H](n3cnc4c(N)ncnc43)O[C@@H]2CO[Si](c2ccccc2)(c2ccccc2)C(C)(C)C)[C@@H]1OCc1ccccc1. The van der Waals surface area contributed by atoms with Crippen LogP contribution in [0, 0.1) is 5.92 Å². The summed E-state index contributed by atoms with van der Waals surface area (Å²) in [5, 5.41) is 28.9. The molecule has 9 rings (SSSR count). The fraction of sp³-hybridized carbons (Fsp3) is 0.379. The second-order valence-corrected chi connectivity index (χ2v) is 30.0. The molecule has 0 bridgehead atoms. The normalized spacial score (nSPS) is 23.6. The first-order chi connectivity index (χ1) is 36.1. The highest BCUT2D eigenvalue weighted by molar-refractivity contribution is 7.00. The zero-order valence-corrected chi connectivity index (χ0v) is 45.6. The lowest BCUT2D eigenvalue weighted by molar-refractivity contribution is -0.318. The zero-order valence-electron chi connectivity index (χ0n) is 43.6. The molecule has 2 saturated heterocycles. The van der Waals surface area contributed by atoms with Crippen molar-refractivity contribution in [3.8, 4) is 0 Å². The van der Waals surface area contributed by atoms with E-state index in [2.05, 4.69) is 105 Å². The molecule has 2 aliphatic heterocycles. The number of hydrogen-bond acceptors (Lipinski definition) is 14. The number of fused-ring (bicyclic) bond motifs is 1. The molecule has 0 saturated carbocycles. The van der Waals surface area contributed by atoms with Crippen LogP contribution in [0.2, 0.25) is 10.1 Å². The van der Waals surface area contributed by atoms with Crippen molar-refractivity contribution in [2.45, 2.75) is 114 Å². The van der Waals surface area contributed by atoms with E-state index < -0.39 is 87.7 Å². The molecule has 4 N–H and O–H groups in total. The molecule has 7 aromatic rings. The van der Waals surface area contributed by atoms with Gasteiger partial charge in [-0.1, -0.05) is 193 Å². The van der Waals surface area contributed by atoms with E-state index >= 15 is 0 Å². The molecule has 2 aromatic heterocycles. The van der Waals surface area contributed by atoms with Gasteiger partial charge in [-0.15, -0.1) is 0 Å². The summed E-state index contributed by atoms with van der Waals surface area (Å²) in [6.45, 7) is 13.0. The van der Waals surface area contributed by atoms with E-state index in [1.807, 2.05) is 103 Å². The largest absolute Gasteiger partial charge is 0.469 e. The van der Waals surface area contributed by atoms with Gasteiger partial charge >= 0.3 is 5.97 Å². The predicted molar refractivity (Wildman–Crippen MR) is 291 cm³/mol. The maximum absolute atomic E-state index is 13.5. The average molecular weight is 1050 g/mol. The summed E-state index contributed by atoms with van der Waals surface area (Å²) >= 11 is 0. The van der Waals surface area contributed by atoms with Crippen LogP contribution in [0.25, 0.3) is 11.2 Å². The molecule has 2 aliphatic rings. The first-order valence-electron chi connectivity index (χ1n) is 25.5. The topological polar surface area (TPSA) is 192 Å². The summed E-state index contributed by atoms with van der Waals surface area (Å²) in [4.78, 5) is 26.7. The number of rotatable bonds is 18. The zero-order chi connectivity index (χ0) is 53.0. The molecule has 0 spiro atoms. The number of aliphatic hydroxyl groups is 2. The lowest BCUT2D eigenvalue weighted by Gasteiger charge is -2.48. The number of carbonyl (C=O) groups excluding carboxylic acids is 1. The highest BCUT2D eigenvalue weighted by Gasteiger charge is 2.57. The number of benzene rings is 5. The highest BCUT2D eigenvalue weighted by atomic mass is 28.4. The minimum atomic E-state index is -3.20. The van der Waals surface area contributed by atoms with Gasteiger partial charge < -0.3 is 48.5 Å². The Morgan fingerprint density at radius 2 is 1.12 bits per heavy atom. The minimum absolute atomic E-state index is 0.0356. The molecule has 17 heteroatoms. The van der Waals surface area contributed by atoms with Crippen molar-refractivity contribution in [1.82, 2.24) is 19.5 Å². The predicted octanol–water partition coefficient (Wildman–Crippen LogP) is 6.06. The van der Waals surface area contributed by atoms with Crippen LogP contribution in [0.5, 0.6) is 0 Å². The molecule has 394 valence electrons. The van der Waals surface area contributed by atoms with Crippen LogP contribution in [0.15, 0.2) is 164 Å². The van der Waals surface area contributed by atoms with E-state index in [9.17, 15) is 15.0 Å². The van der Waals surface area contributed by atoms with Crippen molar-refractivity contribution in [1.29, 1.82) is 0 Å². The number of ether oxygens (including phenoxy) is 5. The number of esters is 1. The molecule has 4 heterocycles. The van der Waals surface area contributed by atoms with Gasteiger partial charge in [0.25, 0.3) is 16.6 Å². The summed E-state index contributed by atoms with van der Waals surface area (Å²) in [5.41, 5.74) is 7.80. The van der Waals surface area contributed by atoms with Gasteiger partial charge in [-0.3, -0.25) is 9.36 Å². The van der Waals surface area contributed by atoms with Crippen molar-refractivity contribution >= 4 is 60.3 Å². The van der Waals surface area contributed by atoms with Crippen LogP contribution in [0.4, 0.5) is 5.82 Å². The summed E-state index contributed by atoms with van der Waals surface area (Å²) in [7, 11) is -5.09. The Bertz CT molecular complexity index is 2870. The molecular formula is C58H69N5O10Si2. The van der Waals surface area contributed by atoms with E-state index in [1.54, 1.807) is 4.57 Å². The Kier molecular flexibility index (Phi) is 16.3. The number of nitrogen functional groups attached to an aromatic ring is 1. The quantitative estimate of drug-likeness (QED) is 0.0665. The van der Waals surface area contributed by atoms with Crippen LogP contribution in [-0.4, -0.2) is 116 Å². The van der Waals surface area contributed by atoms with Crippen LogP contribution >= 0.6 is 0 Å². The van der Waals surface area contributed by atoms with Crippen LogP contribution in [-0.2, 0) is 43.9 Å². The third-order valence-electron chi connectivity index (χ3n) is 14.8. The number of carbonyl (C=O) groups is 1. The fourth-order valence-corrected chi connectivity index (χ4v) is 20.3. The second-order valence-electron chi connectivity index (χ2n) is 21.4. The standard InChI is InChI=1S/C58H69N5O10Si2/c1-57(2,3)74(40-25-15-9-16-26-40,41-27-17-10-18-28-41)69-35-45-49(65)44(33-47(64)67-7)51(68-34-39-23-13-8-14-24-39)56(72-45)73-52-46(71-55(50(52)66)63-38-62-48-53(59)60-37-61-54(48)63)36-70-75(58(4,5)6,42-29-19-11-20-30-42)43-31-21-12-22-32-43/h8-32,37-38,44-46,49-52,55-56,65-66H,33-36H2,1-7H3,(H2,59,60,61)/t44-,45+,46+,49-,50+,51+,52+,55+,56+/m0/s1. The maximum Gasteiger partial charge on any atom is 0.305 e. The number of aliphatic hydroxyl groups excluding tert-OH is 2. The number of hydrogen-bond donors (Lipinski definition) is 3. The Morgan fingerprint density at radius 1 is 0.640 bits per heavy atom. The van der Waals surface area contributed by atoms with E-state index in [0.717, 1.165) is 26.3 Å². The van der Waals surface area contributed by atoms with Gasteiger partial charge in [0.05, 0.1) is 45.8 Å². The van der Waals surface area contributed by atoms with Crippen molar-refractivity contribution in [2.24, 2.45) is 5.92 Å². The molecule has 0 amide bonds. The van der Waals surface area contributed by atoms with Crippen molar-refractivity contribution in [2.75, 3.05) is 26.1 Å². The third-order valence-corrected chi connectivity index (χ3v) is 24.8. The lowest BCUT2D eigenvalue weighted by Crippen LogP contribution is -2.68. The molecule has 0 unspecified atom stereocenters. The molecule has 0 radical (unpaired) electrons. The van der Waals surface area contributed by atoms with Gasteiger partial charge in [0.1, 0.15) is 42.4 Å². The number of nitrogens with zero attached hydrogens (tertiary/aromatic N) is 4. The summed E-state index contributed by atoms with van der Waals surface area (Å²) in [5.74, 6) is -1.33. The lowest BCUT2D eigenvalue weighted by atomic mass is 9.86. The second kappa shape index (κ2) is 22.7. The average Bonchev–Trinajstić information content (AvgIpc) is 3.99. The first kappa shape index (κ1) is 53.8. The highest BCUT2D eigenvalue weighted by Crippen LogP contribution is 2.43. The number of imidazole rings is 1. The van der Waals surface area contributed by atoms with Gasteiger partial charge in [0.15, 0.2) is 24.0 Å². The van der Waals surface area contributed by atoms with Gasteiger partial charge in [0.2, 0.25) is 0 Å². The number of nitrogens with two attached hydrogens (primary N) is 1. The van der Waals surface area contributed by atoms with Crippen LogP contribution in [0.1, 0.15) is 59.8 Å². The summed E-state index contributed by atoms with van der Waals surface area (Å²) in [6.07, 6.45) is -6.84. The van der Waals surface area contributed by atoms with Crippen molar-refractivity contribution < 1.29 is 47.5 Å². The van der Waals surface area contributed by atoms with E-state index in [0.29, 0.717) is 11.2 Å². The van der Waals surface area contributed by atoms with Gasteiger partial charge in [-0.2, -0.15) is 0 Å². The molecule has 0 aliphatic carbocycles. The van der Waals surface area contributed by atoms with Gasteiger partial charge in [-0.05, 0) is 36.4 Å². The monoisotopic (exact) mass is 1050 g/mol. The molecule has 15 nitrogen and oxygen atoms in total. The van der Waals surface area contributed by atoms with Gasteiger partial charge in [0, 0.05) is 5.92 Å². The first-order valence-corrected chi connectivity index (χ1v) is 29.4. The maximum atomic E-state index is 13.5. The Balaban J connectivity index is 1.14. The Labute approximate surface area is 441 Å². The molecule has 9 atom stereocenters. The molecule has 2 fully saturated rings. The number of anilines is 1. The van der Waals surface area contributed by atoms with Crippen molar-refractivity contribution in [3.63, 3.8) is 0 Å².